The first-order valence-corrected chi connectivity index (χ1v) is 10.3. The molecule has 5 rings (SSSR count). The maximum absolute atomic E-state index is 13.2. The molecule has 7 nitrogen and oxygen atoms in total. The number of hydrogen-bond acceptors (Lipinski definition) is 4. The second-order valence-corrected chi connectivity index (χ2v) is 7.73. The van der Waals surface area contributed by atoms with Crippen molar-refractivity contribution in [3.05, 3.63) is 65.5 Å². The molecule has 0 unspecified atom stereocenters. The number of methoxy groups -OCH3 is 2. The van der Waals surface area contributed by atoms with Crippen LogP contribution in [0.3, 0.4) is 0 Å². The second kappa shape index (κ2) is 7.83. The largest absolute Gasteiger partial charge is 0.497 e. The summed E-state index contributed by atoms with van der Waals surface area (Å²) in [6, 6.07) is 13.5. The summed E-state index contributed by atoms with van der Waals surface area (Å²) in [6.07, 6.45) is 4.46. The van der Waals surface area contributed by atoms with Crippen molar-refractivity contribution < 1.29 is 14.3 Å². The number of H-pyrrole nitrogens is 2. The number of aromatic amines is 2. The predicted molar refractivity (Wildman–Crippen MR) is 119 cm³/mol. The van der Waals surface area contributed by atoms with Gasteiger partial charge in [-0.2, -0.15) is 5.10 Å². The minimum atomic E-state index is -0.145. The Morgan fingerprint density at radius 1 is 1.10 bits per heavy atom. The monoisotopic (exact) mass is 416 g/mol. The molecule has 31 heavy (non-hydrogen) atoms. The molecule has 158 valence electrons. The summed E-state index contributed by atoms with van der Waals surface area (Å²) in [5, 5.41) is 11.4. The predicted octanol–water partition coefficient (Wildman–Crippen LogP) is 4.38. The standard InChI is InChI=1S/C24H24N4O3/c1-30-15-8-6-14(7-9-15)22-19(13-25-28-22)24(29)27-21-5-3-4-17-18-12-16(31-2)10-11-20(18)26-23(17)21/h6-13,21,26H,3-5H2,1-2H3,(H,25,28)(H,27,29)/t21-/m0/s1. The van der Waals surface area contributed by atoms with E-state index in [-0.39, 0.29) is 11.9 Å². The van der Waals surface area contributed by atoms with E-state index in [2.05, 4.69) is 26.6 Å². The van der Waals surface area contributed by atoms with Crippen LogP contribution in [-0.4, -0.2) is 35.3 Å². The number of carbonyl (C=O) groups is 1. The van der Waals surface area contributed by atoms with E-state index in [4.69, 9.17) is 9.47 Å². The van der Waals surface area contributed by atoms with Gasteiger partial charge in [-0.05, 0) is 67.3 Å². The number of nitrogens with zero attached hydrogens (tertiary/aromatic N) is 1. The normalized spacial score (nSPS) is 15.5. The number of aromatic nitrogens is 3. The van der Waals surface area contributed by atoms with Crippen LogP contribution in [0.25, 0.3) is 22.2 Å². The molecule has 2 heterocycles. The minimum absolute atomic E-state index is 0.0757. The van der Waals surface area contributed by atoms with Gasteiger partial charge in [0.25, 0.3) is 5.91 Å². The van der Waals surface area contributed by atoms with Gasteiger partial charge in [-0.1, -0.05) is 0 Å². The third kappa shape index (κ3) is 3.42. The van der Waals surface area contributed by atoms with Gasteiger partial charge in [0.15, 0.2) is 0 Å². The van der Waals surface area contributed by atoms with Gasteiger partial charge in [0.2, 0.25) is 0 Å². The molecule has 4 aromatic rings. The summed E-state index contributed by atoms with van der Waals surface area (Å²) in [5.41, 5.74) is 5.50. The highest BCUT2D eigenvalue weighted by Gasteiger charge is 2.27. The van der Waals surface area contributed by atoms with Crippen LogP contribution >= 0.6 is 0 Å². The summed E-state index contributed by atoms with van der Waals surface area (Å²) < 4.78 is 10.6. The Hall–Kier alpha value is -3.74. The third-order valence-corrected chi connectivity index (χ3v) is 5.98. The fraction of sp³-hybridized carbons (Fsp3) is 0.250. The number of aryl methyl sites for hydroxylation is 1. The number of benzene rings is 2. The Kier molecular flexibility index (Phi) is 4.86. The third-order valence-electron chi connectivity index (χ3n) is 5.98. The highest BCUT2D eigenvalue weighted by atomic mass is 16.5. The van der Waals surface area contributed by atoms with Gasteiger partial charge in [0, 0.05) is 22.2 Å². The Balaban J connectivity index is 1.43. The average molecular weight is 416 g/mol. The van der Waals surface area contributed by atoms with Gasteiger partial charge in [-0.25, -0.2) is 0 Å². The van der Waals surface area contributed by atoms with E-state index < -0.39 is 0 Å². The molecule has 2 aromatic carbocycles. The molecule has 0 saturated carbocycles. The zero-order chi connectivity index (χ0) is 21.4. The molecule has 0 fully saturated rings. The number of fused-ring (bicyclic) bond motifs is 3. The van der Waals surface area contributed by atoms with Gasteiger partial charge in [0.1, 0.15) is 11.5 Å². The lowest BCUT2D eigenvalue weighted by Crippen LogP contribution is -2.31. The maximum atomic E-state index is 13.2. The number of amides is 1. The van der Waals surface area contributed by atoms with Gasteiger partial charge in [0.05, 0.1) is 37.7 Å². The fourth-order valence-corrected chi connectivity index (χ4v) is 4.39. The molecular formula is C24H24N4O3. The molecule has 0 radical (unpaired) electrons. The van der Waals surface area contributed by atoms with Crippen molar-refractivity contribution in [1.82, 2.24) is 20.5 Å². The highest BCUT2D eigenvalue weighted by molar-refractivity contribution is 6.00. The molecule has 0 spiro atoms. The Bertz CT molecular complexity index is 1240. The SMILES string of the molecule is COc1ccc(-c2[nH]ncc2C(=O)N[C@H]2CCCc3c2[nH]c2ccc(OC)cc32)cc1. The first-order chi connectivity index (χ1) is 15.2. The van der Waals surface area contributed by atoms with Crippen molar-refractivity contribution in [2.75, 3.05) is 14.2 Å². The summed E-state index contributed by atoms with van der Waals surface area (Å²) in [7, 11) is 3.30. The van der Waals surface area contributed by atoms with E-state index in [9.17, 15) is 4.79 Å². The van der Waals surface area contributed by atoms with Crippen LogP contribution in [0.5, 0.6) is 11.5 Å². The lowest BCUT2D eigenvalue weighted by molar-refractivity contribution is 0.0932. The van der Waals surface area contributed by atoms with E-state index in [1.54, 1.807) is 20.4 Å². The van der Waals surface area contributed by atoms with Gasteiger partial charge < -0.3 is 19.8 Å². The molecule has 1 aliphatic carbocycles. The van der Waals surface area contributed by atoms with Crippen molar-refractivity contribution in [1.29, 1.82) is 0 Å². The highest BCUT2D eigenvalue weighted by Crippen LogP contribution is 2.36. The van der Waals surface area contributed by atoms with Crippen LogP contribution in [0.4, 0.5) is 0 Å². The number of carbonyl (C=O) groups excluding carboxylic acids is 1. The van der Waals surface area contributed by atoms with E-state index in [1.165, 1.54) is 5.56 Å². The smallest absolute Gasteiger partial charge is 0.255 e. The molecule has 1 aliphatic rings. The average Bonchev–Trinajstić information content (AvgIpc) is 3.44. The molecule has 1 amide bonds. The fourth-order valence-electron chi connectivity index (χ4n) is 4.39. The Morgan fingerprint density at radius 3 is 2.65 bits per heavy atom. The van der Waals surface area contributed by atoms with E-state index in [0.29, 0.717) is 11.3 Å². The lowest BCUT2D eigenvalue weighted by Gasteiger charge is -2.24. The zero-order valence-corrected chi connectivity index (χ0v) is 17.5. The van der Waals surface area contributed by atoms with Gasteiger partial charge in [-0.15, -0.1) is 0 Å². The molecule has 0 aliphatic heterocycles. The second-order valence-electron chi connectivity index (χ2n) is 7.73. The lowest BCUT2D eigenvalue weighted by atomic mass is 9.91. The van der Waals surface area contributed by atoms with Crippen molar-refractivity contribution in [2.24, 2.45) is 0 Å². The van der Waals surface area contributed by atoms with E-state index in [1.807, 2.05) is 36.4 Å². The number of hydrogen-bond donors (Lipinski definition) is 3. The van der Waals surface area contributed by atoms with Gasteiger partial charge in [-0.3, -0.25) is 9.89 Å². The van der Waals surface area contributed by atoms with E-state index >= 15 is 0 Å². The summed E-state index contributed by atoms with van der Waals surface area (Å²) >= 11 is 0. The van der Waals surface area contributed by atoms with Crippen LogP contribution in [-0.2, 0) is 6.42 Å². The zero-order valence-electron chi connectivity index (χ0n) is 17.5. The quantitative estimate of drug-likeness (QED) is 0.450. The molecule has 1 atom stereocenters. The summed E-state index contributed by atoms with van der Waals surface area (Å²) in [5.74, 6) is 1.45. The number of nitrogens with one attached hydrogen (secondary N) is 3. The van der Waals surface area contributed by atoms with Crippen molar-refractivity contribution >= 4 is 16.8 Å². The van der Waals surface area contributed by atoms with Crippen molar-refractivity contribution in [3.63, 3.8) is 0 Å². The van der Waals surface area contributed by atoms with E-state index in [0.717, 1.165) is 52.9 Å². The summed E-state index contributed by atoms with van der Waals surface area (Å²) in [6.45, 7) is 0. The topological polar surface area (TPSA) is 92.0 Å². The molecule has 7 heteroatoms. The number of rotatable bonds is 5. The van der Waals surface area contributed by atoms with Crippen molar-refractivity contribution in [3.8, 4) is 22.8 Å². The molecule has 0 saturated heterocycles. The van der Waals surface area contributed by atoms with Crippen LogP contribution in [0.2, 0.25) is 0 Å². The van der Waals surface area contributed by atoms with Crippen LogP contribution in [0, 0.1) is 0 Å². The van der Waals surface area contributed by atoms with Crippen molar-refractivity contribution in [2.45, 2.75) is 25.3 Å². The van der Waals surface area contributed by atoms with Crippen LogP contribution in [0.15, 0.2) is 48.7 Å². The minimum Gasteiger partial charge on any atom is -0.497 e. The number of ether oxygens (including phenoxy) is 2. The van der Waals surface area contributed by atoms with Gasteiger partial charge >= 0.3 is 0 Å². The first kappa shape index (κ1) is 19.2. The van der Waals surface area contributed by atoms with Crippen LogP contribution in [0.1, 0.15) is 40.5 Å². The Morgan fingerprint density at radius 2 is 1.87 bits per heavy atom. The molecular weight excluding hydrogens is 392 g/mol. The first-order valence-electron chi connectivity index (χ1n) is 10.3. The Labute approximate surface area is 179 Å². The summed E-state index contributed by atoms with van der Waals surface area (Å²) in [4.78, 5) is 16.7. The maximum Gasteiger partial charge on any atom is 0.255 e. The van der Waals surface area contributed by atoms with Crippen LogP contribution < -0.4 is 14.8 Å². The molecule has 3 N–H and O–H groups in total. The molecule has 0 bridgehead atoms. The molecule has 2 aromatic heterocycles.